The average Bonchev–Trinajstić information content (AvgIpc) is 2.36. The van der Waals surface area contributed by atoms with Crippen LogP contribution in [0.4, 0.5) is 0 Å². The highest BCUT2D eigenvalue weighted by Gasteiger charge is 2.57. The van der Waals surface area contributed by atoms with Crippen LogP contribution in [0.1, 0.15) is 52.4 Å². The predicted octanol–water partition coefficient (Wildman–Crippen LogP) is 0.586. The zero-order valence-corrected chi connectivity index (χ0v) is 11.8. The fraction of sp³-hybridized carbons (Fsp3) is 0.929. The highest BCUT2D eigenvalue weighted by atomic mass is 16.5. The number of aliphatic hydroxyl groups excluding tert-OH is 2. The van der Waals surface area contributed by atoms with Gasteiger partial charge in [0.1, 0.15) is 5.78 Å². The van der Waals surface area contributed by atoms with Gasteiger partial charge in [-0.05, 0) is 32.6 Å². The second-order valence-corrected chi connectivity index (χ2v) is 5.90. The van der Waals surface area contributed by atoms with Gasteiger partial charge in [0.2, 0.25) is 0 Å². The fourth-order valence-corrected chi connectivity index (χ4v) is 3.61. The van der Waals surface area contributed by atoms with Gasteiger partial charge in [0.15, 0.2) is 5.79 Å². The summed E-state index contributed by atoms with van der Waals surface area (Å²) in [6.07, 6.45) is 3.22. The highest BCUT2D eigenvalue weighted by Crippen LogP contribution is 2.50. The van der Waals surface area contributed by atoms with Crippen molar-refractivity contribution < 1.29 is 25.2 Å². The first-order chi connectivity index (χ1) is 8.78. The summed E-state index contributed by atoms with van der Waals surface area (Å²) in [5, 5.41) is 39.8. The molecule has 19 heavy (non-hydrogen) atoms. The number of hydrogen-bond acceptors (Lipinski definition) is 5. The van der Waals surface area contributed by atoms with Crippen LogP contribution in [0.15, 0.2) is 0 Å². The molecule has 1 saturated carbocycles. The zero-order chi connectivity index (χ0) is 14.7. The summed E-state index contributed by atoms with van der Waals surface area (Å²) in [6, 6.07) is 0. The van der Waals surface area contributed by atoms with Gasteiger partial charge in [0.05, 0.1) is 18.1 Å². The van der Waals surface area contributed by atoms with Crippen molar-refractivity contribution in [2.24, 2.45) is 11.3 Å². The molecule has 1 aliphatic carbocycles. The lowest BCUT2D eigenvalue weighted by molar-refractivity contribution is -0.303. The van der Waals surface area contributed by atoms with Crippen LogP contribution < -0.4 is 0 Å². The minimum atomic E-state index is -2.45. The Morgan fingerprint density at radius 3 is 2.16 bits per heavy atom. The third-order valence-corrected chi connectivity index (χ3v) is 4.59. The number of aliphatic hydroxyl groups is 4. The molecule has 0 aromatic carbocycles. The molecule has 1 rings (SSSR count). The minimum absolute atomic E-state index is 0.136. The van der Waals surface area contributed by atoms with Gasteiger partial charge < -0.3 is 25.2 Å². The molecule has 1 aliphatic rings. The number of hydrogen-bond donors (Lipinski definition) is 4. The molecule has 0 radical (unpaired) electrons. The van der Waals surface area contributed by atoms with Gasteiger partial charge >= 0.3 is 0 Å². The summed E-state index contributed by atoms with van der Waals surface area (Å²) in [5.74, 6) is -2.84. The SMILES string of the molecule is CC(=O)CC(C(C)O)(C1CCCCC1)C(O)(O)CO. The molecule has 0 bridgehead atoms. The molecular weight excluding hydrogens is 248 g/mol. The Morgan fingerprint density at radius 2 is 1.79 bits per heavy atom. The van der Waals surface area contributed by atoms with Crippen LogP contribution in [0.2, 0.25) is 0 Å². The van der Waals surface area contributed by atoms with Gasteiger partial charge in [-0.3, -0.25) is 0 Å². The number of rotatable bonds is 6. The standard InChI is InChI=1S/C14H26O5/c1-10(16)8-13(11(2)17,14(18,19)9-15)12-6-4-3-5-7-12/h11-12,15,17-19H,3-9H2,1-2H3. The van der Waals surface area contributed by atoms with E-state index in [0.29, 0.717) is 0 Å². The predicted molar refractivity (Wildman–Crippen MR) is 70.2 cm³/mol. The van der Waals surface area contributed by atoms with E-state index in [2.05, 4.69) is 0 Å². The Labute approximate surface area is 114 Å². The van der Waals surface area contributed by atoms with Crippen LogP contribution in [-0.4, -0.2) is 44.7 Å². The first-order valence-corrected chi connectivity index (χ1v) is 7.01. The number of carbonyl (C=O) groups excluding carboxylic acids is 1. The molecule has 5 heteroatoms. The smallest absolute Gasteiger partial charge is 0.195 e. The van der Waals surface area contributed by atoms with Crippen molar-refractivity contribution in [2.75, 3.05) is 6.61 Å². The summed E-state index contributed by atoms with van der Waals surface area (Å²) < 4.78 is 0. The van der Waals surface area contributed by atoms with Gasteiger partial charge in [-0.25, -0.2) is 0 Å². The summed E-state index contributed by atoms with van der Waals surface area (Å²) in [5.41, 5.74) is -1.39. The van der Waals surface area contributed by atoms with Crippen molar-refractivity contribution in [1.29, 1.82) is 0 Å². The van der Waals surface area contributed by atoms with Gasteiger partial charge in [-0.2, -0.15) is 0 Å². The molecule has 0 aromatic heterocycles. The lowest BCUT2D eigenvalue weighted by atomic mass is 9.59. The lowest BCUT2D eigenvalue weighted by Crippen LogP contribution is -2.61. The molecule has 0 aliphatic heterocycles. The van der Waals surface area contributed by atoms with Crippen molar-refractivity contribution in [3.8, 4) is 0 Å². The van der Waals surface area contributed by atoms with Crippen LogP contribution in [0.3, 0.4) is 0 Å². The van der Waals surface area contributed by atoms with Crippen molar-refractivity contribution >= 4 is 5.78 Å². The topological polar surface area (TPSA) is 98.0 Å². The molecule has 0 spiro atoms. The number of Topliss-reactive ketones (excluding diaryl/α,β-unsaturated/α-hetero) is 1. The van der Waals surface area contributed by atoms with E-state index in [1.54, 1.807) is 0 Å². The third-order valence-electron chi connectivity index (χ3n) is 4.59. The normalized spacial score (nSPS) is 22.8. The maximum Gasteiger partial charge on any atom is 0.195 e. The first kappa shape index (κ1) is 16.6. The van der Waals surface area contributed by atoms with E-state index in [4.69, 9.17) is 0 Å². The second-order valence-electron chi connectivity index (χ2n) is 5.90. The largest absolute Gasteiger partial charge is 0.393 e. The van der Waals surface area contributed by atoms with Crippen LogP contribution in [0, 0.1) is 11.3 Å². The quantitative estimate of drug-likeness (QED) is 0.531. The van der Waals surface area contributed by atoms with E-state index in [9.17, 15) is 25.2 Å². The number of carbonyl (C=O) groups is 1. The van der Waals surface area contributed by atoms with Crippen LogP contribution >= 0.6 is 0 Å². The first-order valence-electron chi connectivity index (χ1n) is 7.01. The molecule has 1 fully saturated rings. The Hall–Kier alpha value is -0.490. The molecule has 5 nitrogen and oxygen atoms in total. The van der Waals surface area contributed by atoms with E-state index in [1.807, 2.05) is 0 Å². The maximum atomic E-state index is 11.6. The molecule has 0 aromatic rings. The maximum absolute atomic E-state index is 11.6. The van der Waals surface area contributed by atoms with Gasteiger partial charge in [-0.15, -0.1) is 0 Å². The Kier molecular flexibility index (Phi) is 5.50. The fourth-order valence-electron chi connectivity index (χ4n) is 3.61. The molecule has 4 N–H and O–H groups in total. The van der Waals surface area contributed by atoms with Crippen molar-refractivity contribution in [3.63, 3.8) is 0 Å². The van der Waals surface area contributed by atoms with Crippen LogP contribution in [-0.2, 0) is 4.79 Å². The molecule has 2 atom stereocenters. The summed E-state index contributed by atoms with van der Waals surface area (Å²) >= 11 is 0. The molecule has 2 unspecified atom stereocenters. The van der Waals surface area contributed by atoms with Gasteiger partial charge in [0, 0.05) is 6.42 Å². The lowest BCUT2D eigenvalue weighted by Gasteiger charge is -2.51. The summed E-state index contributed by atoms with van der Waals surface area (Å²) in [7, 11) is 0. The highest BCUT2D eigenvalue weighted by molar-refractivity contribution is 5.76. The van der Waals surface area contributed by atoms with Crippen molar-refractivity contribution in [1.82, 2.24) is 0 Å². The van der Waals surface area contributed by atoms with Crippen molar-refractivity contribution in [3.05, 3.63) is 0 Å². The minimum Gasteiger partial charge on any atom is -0.393 e. The van der Waals surface area contributed by atoms with Gasteiger partial charge in [0.25, 0.3) is 0 Å². The molecule has 112 valence electrons. The monoisotopic (exact) mass is 274 g/mol. The van der Waals surface area contributed by atoms with E-state index < -0.39 is 23.9 Å². The molecular formula is C14H26O5. The van der Waals surface area contributed by atoms with Gasteiger partial charge in [-0.1, -0.05) is 19.3 Å². The number of ketones is 1. The Bertz CT molecular complexity index is 307. The molecule has 0 saturated heterocycles. The average molecular weight is 274 g/mol. The van der Waals surface area contributed by atoms with Crippen LogP contribution in [0.25, 0.3) is 0 Å². The zero-order valence-electron chi connectivity index (χ0n) is 11.8. The second kappa shape index (κ2) is 6.31. The Morgan fingerprint density at radius 1 is 1.26 bits per heavy atom. The summed E-state index contributed by atoms with van der Waals surface area (Å²) in [4.78, 5) is 11.6. The Balaban J connectivity index is 3.21. The van der Waals surface area contributed by atoms with Crippen LogP contribution in [0.5, 0.6) is 0 Å². The van der Waals surface area contributed by atoms with E-state index in [1.165, 1.54) is 13.8 Å². The van der Waals surface area contributed by atoms with E-state index >= 15 is 0 Å². The van der Waals surface area contributed by atoms with E-state index in [0.717, 1.165) is 32.1 Å². The van der Waals surface area contributed by atoms with E-state index in [-0.39, 0.29) is 18.1 Å². The third kappa shape index (κ3) is 3.16. The molecule has 0 heterocycles. The molecule has 0 amide bonds. The summed E-state index contributed by atoms with van der Waals surface area (Å²) in [6.45, 7) is 1.95. The van der Waals surface area contributed by atoms with Crippen molar-refractivity contribution in [2.45, 2.75) is 64.3 Å².